The Morgan fingerprint density at radius 1 is 1.41 bits per heavy atom. The summed E-state index contributed by atoms with van der Waals surface area (Å²) in [5.74, 6) is -0.0823. The summed E-state index contributed by atoms with van der Waals surface area (Å²) in [4.78, 5) is 14.3. The molecule has 1 aliphatic heterocycles. The van der Waals surface area contributed by atoms with Crippen LogP contribution < -0.4 is 5.73 Å². The zero-order chi connectivity index (χ0) is 13.1. The lowest BCUT2D eigenvalue weighted by Gasteiger charge is -2.34. The van der Waals surface area contributed by atoms with E-state index < -0.39 is 5.41 Å². The molecular weight excluding hydrogens is 218 g/mol. The first-order valence-electron chi connectivity index (χ1n) is 6.20. The van der Waals surface area contributed by atoms with Crippen LogP contribution in [-0.2, 0) is 4.79 Å². The minimum absolute atomic E-state index is 0.0288. The Labute approximate surface area is 103 Å². The van der Waals surface area contributed by atoms with Gasteiger partial charge in [-0.25, -0.2) is 0 Å². The average molecular weight is 241 g/mol. The highest BCUT2D eigenvalue weighted by molar-refractivity contribution is 6.05. The molecule has 17 heavy (non-hydrogen) atoms. The van der Waals surface area contributed by atoms with Crippen molar-refractivity contribution < 1.29 is 10.0 Å². The second-order valence-electron chi connectivity index (χ2n) is 5.31. The Morgan fingerprint density at radius 3 is 2.65 bits per heavy atom. The SMILES string of the molecule is CC1CCCCCN1C(=O)C(C)(C)C(N)=NO. The highest BCUT2D eigenvalue weighted by Gasteiger charge is 2.38. The predicted molar refractivity (Wildman–Crippen MR) is 66.8 cm³/mol. The third kappa shape index (κ3) is 2.90. The molecule has 0 bridgehead atoms. The lowest BCUT2D eigenvalue weighted by atomic mass is 9.89. The van der Waals surface area contributed by atoms with Gasteiger partial charge in [0.2, 0.25) is 5.91 Å². The fraction of sp³-hybridized carbons (Fsp3) is 0.833. The largest absolute Gasteiger partial charge is 0.409 e. The van der Waals surface area contributed by atoms with E-state index in [1.165, 1.54) is 0 Å². The van der Waals surface area contributed by atoms with E-state index in [4.69, 9.17) is 10.9 Å². The molecule has 0 aromatic heterocycles. The molecule has 1 atom stereocenters. The first-order chi connectivity index (χ1) is 7.91. The molecule has 0 radical (unpaired) electrons. The molecular formula is C12H23N3O2. The third-order valence-electron chi connectivity index (χ3n) is 3.60. The van der Waals surface area contributed by atoms with Crippen LogP contribution in [0.5, 0.6) is 0 Å². The predicted octanol–water partition coefficient (Wildman–Crippen LogP) is 1.55. The molecule has 3 N–H and O–H groups in total. The smallest absolute Gasteiger partial charge is 0.236 e. The van der Waals surface area contributed by atoms with Crippen molar-refractivity contribution in [3.05, 3.63) is 0 Å². The van der Waals surface area contributed by atoms with E-state index in [1.54, 1.807) is 13.8 Å². The first-order valence-corrected chi connectivity index (χ1v) is 6.20. The molecule has 0 aromatic carbocycles. The van der Waals surface area contributed by atoms with Crippen molar-refractivity contribution in [2.75, 3.05) is 6.54 Å². The van der Waals surface area contributed by atoms with E-state index in [0.717, 1.165) is 32.2 Å². The quantitative estimate of drug-likeness (QED) is 0.333. The van der Waals surface area contributed by atoms with Crippen LogP contribution in [0.25, 0.3) is 0 Å². The molecule has 0 saturated carbocycles. The van der Waals surface area contributed by atoms with Crippen LogP contribution in [0.1, 0.15) is 46.5 Å². The number of amidine groups is 1. The van der Waals surface area contributed by atoms with Gasteiger partial charge in [-0.05, 0) is 33.6 Å². The molecule has 1 fully saturated rings. The Kier molecular flexibility index (Phi) is 4.37. The number of rotatable bonds is 2. The van der Waals surface area contributed by atoms with Gasteiger partial charge in [0, 0.05) is 12.6 Å². The van der Waals surface area contributed by atoms with Gasteiger partial charge < -0.3 is 15.8 Å². The first kappa shape index (κ1) is 13.8. The van der Waals surface area contributed by atoms with Crippen LogP contribution in [-0.4, -0.2) is 34.4 Å². The van der Waals surface area contributed by atoms with Crippen LogP contribution in [0.15, 0.2) is 5.16 Å². The molecule has 1 aliphatic rings. The molecule has 1 amide bonds. The summed E-state index contributed by atoms with van der Waals surface area (Å²) in [6.45, 7) is 6.22. The minimum atomic E-state index is -0.937. The molecule has 0 aliphatic carbocycles. The molecule has 1 rings (SSSR count). The van der Waals surface area contributed by atoms with Crippen molar-refractivity contribution in [2.45, 2.75) is 52.5 Å². The van der Waals surface area contributed by atoms with Gasteiger partial charge in [-0.2, -0.15) is 0 Å². The van der Waals surface area contributed by atoms with E-state index in [-0.39, 0.29) is 17.8 Å². The normalized spacial score (nSPS) is 23.4. The number of oxime groups is 1. The molecule has 5 nitrogen and oxygen atoms in total. The monoisotopic (exact) mass is 241 g/mol. The zero-order valence-corrected chi connectivity index (χ0v) is 10.9. The highest BCUT2D eigenvalue weighted by Crippen LogP contribution is 2.24. The van der Waals surface area contributed by atoms with E-state index >= 15 is 0 Å². The summed E-state index contributed by atoms with van der Waals surface area (Å²) < 4.78 is 0. The number of carbonyl (C=O) groups is 1. The summed E-state index contributed by atoms with van der Waals surface area (Å²) in [5.41, 5.74) is 4.66. The number of hydrogen-bond donors (Lipinski definition) is 2. The maximum absolute atomic E-state index is 12.4. The standard InChI is InChI=1S/C12H23N3O2/c1-9-7-5-4-6-8-15(9)11(16)12(2,3)10(13)14-17/h9,17H,4-8H2,1-3H3,(H2,13,14). The second-order valence-corrected chi connectivity index (χ2v) is 5.31. The zero-order valence-electron chi connectivity index (χ0n) is 10.9. The van der Waals surface area contributed by atoms with Crippen molar-refractivity contribution in [1.29, 1.82) is 0 Å². The fourth-order valence-corrected chi connectivity index (χ4v) is 2.17. The van der Waals surface area contributed by atoms with Gasteiger partial charge in [0.1, 0.15) is 5.41 Å². The number of amides is 1. The Hall–Kier alpha value is -1.26. The highest BCUT2D eigenvalue weighted by atomic mass is 16.4. The van der Waals surface area contributed by atoms with Crippen molar-refractivity contribution in [3.63, 3.8) is 0 Å². The number of carbonyl (C=O) groups excluding carboxylic acids is 1. The summed E-state index contributed by atoms with van der Waals surface area (Å²) in [6, 6.07) is 0.232. The van der Waals surface area contributed by atoms with Gasteiger partial charge in [-0.1, -0.05) is 18.0 Å². The molecule has 0 aromatic rings. The van der Waals surface area contributed by atoms with Gasteiger partial charge in [0.25, 0.3) is 0 Å². The van der Waals surface area contributed by atoms with Crippen LogP contribution in [0.2, 0.25) is 0 Å². The number of likely N-dealkylation sites (tertiary alicyclic amines) is 1. The number of nitrogens with zero attached hydrogens (tertiary/aromatic N) is 2. The average Bonchev–Trinajstić information content (AvgIpc) is 2.51. The third-order valence-corrected chi connectivity index (χ3v) is 3.60. The number of hydrogen-bond acceptors (Lipinski definition) is 3. The summed E-state index contributed by atoms with van der Waals surface area (Å²) in [5, 5.41) is 11.7. The molecule has 1 unspecified atom stereocenters. The number of nitrogens with two attached hydrogens (primary N) is 1. The molecule has 98 valence electrons. The fourth-order valence-electron chi connectivity index (χ4n) is 2.17. The topological polar surface area (TPSA) is 78.9 Å². The maximum atomic E-state index is 12.4. The Morgan fingerprint density at radius 2 is 2.06 bits per heavy atom. The minimum Gasteiger partial charge on any atom is -0.409 e. The van der Waals surface area contributed by atoms with Crippen molar-refractivity contribution in [1.82, 2.24) is 4.90 Å². The van der Waals surface area contributed by atoms with E-state index in [9.17, 15) is 4.79 Å². The maximum Gasteiger partial charge on any atom is 0.236 e. The summed E-state index contributed by atoms with van der Waals surface area (Å²) in [6.07, 6.45) is 4.38. The Balaban J connectivity index is 2.87. The van der Waals surface area contributed by atoms with Gasteiger partial charge >= 0.3 is 0 Å². The van der Waals surface area contributed by atoms with E-state index in [1.807, 2.05) is 4.90 Å². The lowest BCUT2D eigenvalue weighted by Crippen LogP contribution is -2.50. The second kappa shape index (κ2) is 5.38. The summed E-state index contributed by atoms with van der Waals surface area (Å²) in [7, 11) is 0. The van der Waals surface area contributed by atoms with Crippen LogP contribution in [0, 0.1) is 5.41 Å². The van der Waals surface area contributed by atoms with Crippen molar-refractivity contribution in [3.8, 4) is 0 Å². The Bertz CT molecular complexity index is 313. The molecule has 0 spiro atoms. The van der Waals surface area contributed by atoms with E-state index in [2.05, 4.69) is 12.1 Å². The lowest BCUT2D eigenvalue weighted by molar-refractivity contribution is -0.139. The van der Waals surface area contributed by atoms with Crippen LogP contribution in [0.3, 0.4) is 0 Å². The molecule has 5 heteroatoms. The van der Waals surface area contributed by atoms with Crippen LogP contribution in [0.4, 0.5) is 0 Å². The van der Waals surface area contributed by atoms with E-state index in [0.29, 0.717) is 0 Å². The summed E-state index contributed by atoms with van der Waals surface area (Å²) >= 11 is 0. The van der Waals surface area contributed by atoms with Crippen molar-refractivity contribution >= 4 is 11.7 Å². The van der Waals surface area contributed by atoms with Gasteiger partial charge in [-0.3, -0.25) is 4.79 Å². The molecule has 1 saturated heterocycles. The van der Waals surface area contributed by atoms with Gasteiger partial charge in [0.15, 0.2) is 5.84 Å². The van der Waals surface area contributed by atoms with Gasteiger partial charge in [-0.15, -0.1) is 0 Å². The van der Waals surface area contributed by atoms with Gasteiger partial charge in [0.05, 0.1) is 0 Å². The van der Waals surface area contributed by atoms with Crippen molar-refractivity contribution in [2.24, 2.45) is 16.3 Å². The van der Waals surface area contributed by atoms with Crippen LogP contribution >= 0.6 is 0 Å². The molecule has 1 heterocycles.